The van der Waals surface area contributed by atoms with Crippen molar-refractivity contribution >= 4 is 11.6 Å². The number of Topliss-reactive ketones (excluding diaryl/α,β-unsaturated/α-hetero) is 2. The first kappa shape index (κ1) is 11.7. The predicted octanol–water partition coefficient (Wildman–Crippen LogP) is 1.36. The molecular formula is C12H18FNO2. The van der Waals surface area contributed by atoms with Gasteiger partial charge in [0.1, 0.15) is 0 Å². The van der Waals surface area contributed by atoms with Crippen molar-refractivity contribution in [3.05, 3.63) is 0 Å². The van der Waals surface area contributed by atoms with Gasteiger partial charge in [0, 0.05) is 12.3 Å². The molecule has 3 aliphatic heterocycles. The van der Waals surface area contributed by atoms with Gasteiger partial charge in [0.05, 0.1) is 6.04 Å². The number of carbonyl (C=O) groups is 2. The molecule has 2 unspecified atom stereocenters. The minimum absolute atomic E-state index is 0.116. The molecule has 0 amide bonds. The summed E-state index contributed by atoms with van der Waals surface area (Å²) in [5.41, 5.74) is 0. The van der Waals surface area contributed by atoms with E-state index in [1.807, 2.05) is 0 Å². The molecule has 16 heavy (non-hydrogen) atoms. The van der Waals surface area contributed by atoms with Gasteiger partial charge in [-0.25, -0.2) is 4.39 Å². The van der Waals surface area contributed by atoms with Crippen LogP contribution in [-0.4, -0.2) is 41.8 Å². The summed E-state index contributed by atoms with van der Waals surface area (Å²) in [6.07, 6.45) is 1.22. The molecule has 3 heterocycles. The van der Waals surface area contributed by atoms with Gasteiger partial charge in [-0.3, -0.25) is 14.5 Å². The SMILES string of the molecule is CC(F)C(=O)CCC1C(=O)C2CCN1CC2. The first-order valence-electron chi connectivity index (χ1n) is 6.04. The second kappa shape index (κ2) is 4.62. The summed E-state index contributed by atoms with van der Waals surface area (Å²) in [4.78, 5) is 25.3. The van der Waals surface area contributed by atoms with E-state index in [0.29, 0.717) is 6.42 Å². The topological polar surface area (TPSA) is 37.4 Å². The molecular weight excluding hydrogens is 209 g/mol. The third kappa shape index (κ3) is 2.17. The molecule has 0 saturated carbocycles. The van der Waals surface area contributed by atoms with E-state index >= 15 is 0 Å². The average molecular weight is 227 g/mol. The predicted molar refractivity (Wildman–Crippen MR) is 57.9 cm³/mol. The fourth-order valence-corrected chi connectivity index (χ4v) is 2.75. The molecule has 0 N–H and O–H groups in total. The van der Waals surface area contributed by atoms with Crippen molar-refractivity contribution < 1.29 is 14.0 Å². The van der Waals surface area contributed by atoms with Crippen LogP contribution in [0.25, 0.3) is 0 Å². The zero-order chi connectivity index (χ0) is 11.7. The Kier molecular flexibility index (Phi) is 3.38. The zero-order valence-electron chi connectivity index (χ0n) is 9.62. The van der Waals surface area contributed by atoms with Gasteiger partial charge in [0.2, 0.25) is 0 Å². The Labute approximate surface area is 95.0 Å². The molecule has 3 rings (SSSR count). The van der Waals surface area contributed by atoms with Crippen molar-refractivity contribution in [3.8, 4) is 0 Å². The van der Waals surface area contributed by atoms with Crippen molar-refractivity contribution in [1.82, 2.24) is 4.90 Å². The van der Waals surface area contributed by atoms with Crippen molar-refractivity contribution in [3.63, 3.8) is 0 Å². The Hall–Kier alpha value is -0.770. The van der Waals surface area contributed by atoms with Crippen LogP contribution in [0.5, 0.6) is 0 Å². The molecule has 2 bridgehead atoms. The highest BCUT2D eigenvalue weighted by atomic mass is 19.1. The van der Waals surface area contributed by atoms with E-state index < -0.39 is 6.17 Å². The Morgan fingerprint density at radius 2 is 2.12 bits per heavy atom. The summed E-state index contributed by atoms with van der Waals surface area (Å²) in [6, 6.07) is -0.116. The fourth-order valence-electron chi connectivity index (χ4n) is 2.75. The smallest absolute Gasteiger partial charge is 0.166 e. The lowest BCUT2D eigenvalue weighted by Gasteiger charge is -2.44. The highest BCUT2D eigenvalue weighted by molar-refractivity contribution is 5.89. The lowest BCUT2D eigenvalue weighted by Crippen LogP contribution is -2.55. The number of fused-ring (bicyclic) bond motifs is 3. The summed E-state index contributed by atoms with van der Waals surface area (Å²) in [5, 5.41) is 0. The summed E-state index contributed by atoms with van der Waals surface area (Å²) >= 11 is 0. The molecule has 90 valence electrons. The third-order valence-corrected chi connectivity index (χ3v) is 3.81. The third-order valence-electron chi connectivity index (χ3n) is 3.81. The highest BCUT2D eigenvalue weighted by Gasteiger charge is 2.40. The summed E-state index contributed by atoms with van der Waals surface area (Å²) < 4.78 is 12.7. The maximum Gasteiger partial charge on any atom is 0.166 e. The first-order chi connectivity index (χ1) is 7.59. The zero-order valence-corrected chi connectivity index (χ0v) is 9.62. The van der Waals surface area contributed by atoms with Crippen LogP contribution in [0, 0.1) is 5.92 Å². The molecule has 3 fully saturated rings. The van der Waals surface area contributed by atoms with Gasteiger partial charge in [0.15, 0.2) is 17.7 Å². The lowest BCUT2D eigenvalue weighted by molar-refractivity contribution is -0.137. The average Bonchev–Trinajstić information content (AvgIpc) is 2.28. The van der Waals surface area contributed by atoms with E-state index in [2.05, 4.69) is 4.90 Å². The lowest BCUT2D eigenvalue weighted by atomic mass is 9.80. The van der Waals surface area contributed by atoms with Crippen LogP contribution in [0.1, 0.15) is 32.6 Å². The number of carbonyl (C=O) groups excluding carboxylic acids is 2. The van der Waals surface area contributed by atoms with Gasteiger partial charge in [-0.2, -0.15) is 0 Å². The van der Waals surface area contributed by atoms with E-state index in [1.165, 1.54) is 6.92 Å². The summed E-state index contributed by atoms with van der Waals surface area (Å²) in [6.45, 7) is 3.18. The molecule has 3 nitrogen and oxygen atoms in total. The maximum absolute atomic E-state index is 12.7. The van der Waals surface area contributed by atoms with E-state index in [9.17, 15) is 14.0 Å². The molecule has 0 aromatic heterocycles. The van der Waals surface area contributed by atoms with Crippen LogP contribution in [0.3, 0.4) is 0 Å². The number of piperidine rings is 3. The molecule has 3 aliphatic rings. The number of nitrogens with zero attached hydrogens (tertiary/aromatic N) is 1. The van der Waals surface area contributed by atoms with Gasteiger partial charge in [-0.1, -0.05) is 0 Å². The fraction of sp³-hybridized carbons (Fsp3) is 0.833. The summed E-state index contributed by atoms with van der Waals surface area (Å²) in [5.74, 6) is 0.0974. The molecule has 0 aliphatic carbocycles. The van der Waals surface area contributed by atoms with Gasteiger partial charge in [0.25, 0.3) is 0 Å². The van der Waals surface area contributed by atoms with Crippen LogP contribution in [0.15, 0.2) is 0 Å². The maximum atomic E-state index is 12.7. The summed E-state index contributed by atoms with van der Waals surface area (Å²) in [7, 11) is 0. The monoisotopic (exact) mass is 227 g/mol. The highest BCUT2D eigenvalue weighted by Crippen LogP contribution is 2.31. The standard InChI is InChI=1S/C12H18FNO2/c1-8(13)11(15)3-2-10-12(16)9-4-6-14(10)7-5-9/h8-10H,2-7H2,1H3. The van der Waals surface area contributed by atoms with Gasteiger partial charge < -0.3 is 0 Å². The number of rotatable bonds is 4. The second-order valence-corrected chi connectivity index (χ2v) is 4.85. The van der Waals surface area contributed by atoms with Crippen LogP contribution >= 0.6 is 0 Å². The second-order valence-electron chi connectivity index (χ2n) is 4.85. The Morgan fingerprint density at radius 3 is 2.62 bits per heavy atom. The molecule has 0 radical (unpaired) electrons. The van der Waals surface area contributed by atoms with Crippen molar-refractivity contribution in [1.29, 1.82) is 0 Å². The molecule has 0 aromatic carbocycles. The van der Waals surface area contributed by atoms with Crippen LogP contribution in [0.4, 0.5) is 4.39 Å². The van der Waals surface area contributed by atoms with E-state index in [-0.39, 0.29) is 29.9 Å². The van der Waals surface area contributed by atoms with E-state index in [1.54, 1.807) is 0 Å². The molecule has 0 spiro atoms. The number of hydrogen-bond acceptors (Lipinski definition) is 3. The van der Waals surface area contributed by atoms with Crippen LogP contribution < -0.4 is 0 Å². The van der Waals surface area contributed by atoms with Gasteiger partial charge in [-0.05, 0) is 39.3 Å². The van der Waals surface area contributed by atoms with Crippen molar-refractivity contribution in [2.75, 3.05) is 13.1 Å². The molecule has 4 heteroatoms. The minimum atomic E-state index is -1.40. The first-order valence-corrected chi connectivity index (χ1v) is 6.04. The Morgan fingerprint density at radius 1 is 1.50 bits per heavy atom. The molecule has 0 aromatic rings. The normalized spacial score (nSPS) is 35.1. The largest absolute Gasteiger partial charge is 0.298 e. The number of alkyl halides is 1. The number of halogens is 1. The van der Waals surface area contributed by atoms with Crippen LogP contribution in [-0.2, 0) is 9.59 Å². The molecule has 2 atom stereocenters. The van der Waals surface area contributed by atoms with Crippen molar-refractivity contribution in [2.24, 2.45) is 5.92 Å². The molecule has 3 saturated heterocycles. The van der Waals surface area contributed by atoms with E-state index in [0.717, 1.165) is 25.9 Å². The quantitative estimate of drug-likeness (QED) is 0.727. The van der Waals surface area contributed by atoms with E-state index in [4.69, 9.17) is 0 Å². The number of hydrogen-bond donors (Lipinski definition) is 0. The van der Waals surface area contributed by atoms with Gasteiger partial charge in [-0.15, -0.1) is 0 Å². The Balaban J connectivity index is 1.90. The van der Waals surface area contributed by atoms with Crippen LogP contribution in [0.2, 0.25) is 0 Å². The van der Waals surface area contributed by atoms with Gasteiger partial charge >= 0.3 is 0 Å². The number of ketones is 2. The van der Waals surface area contributed by atoms with Crippen molar-refractivity contribution in [2.45, 2.75) is 44.8 Å². The Bertz CT molecular complexity index is 295. The minimum Gasteiger partial charge on any atom is -0.298 e.